The smallest absolute Gasteiger partial charge is 0.278 e. The van der Waals surface area contributed by atoms with Crippen LogP contribution in [-0.2, 0) is 30.9 Å². The van der Waals surface area contributed by atoms with Crippen molar-refractivity contribution in [1.82, 2.24) is 38.7 Å². The first-order chi connectivity index (χ1) is 28.3. The molecule has 59 heavy (non-hydrogen) atoms. The molecule has 0 aliphatic carbocycles. The molecule has 2 aromatic carbocycles. The number of nitrogen functional groups attached to an aromatic ring is 1. The SMILES string of the molecule is CCn1nc(C)cc1C(=O)Nc1nc2cc(C(N)=O)cc(OC)c2n1C/C=C/Cn1c(NC(=O)c2c(N)c(C)nn2CC)nc2cc(C(N)=O)cc(OCCCOC)c21. The standard InChI is InChI=1S/C39H47N13O7/c1-7-51-27(16-21(3)47-51)36(55)45-38-43-25-17-23(34(41)53)19-28(58-6)31(25)49(38)12-9-10-13-50-32-26(18-24(35(42)54)20-29(32)59-15-11-14-57-5)44-39(50)46-37(56)33-30(40)22(4)48-52(33)8-2/h9-10,16-20H,7-8,11-15,40H2,1-6H3,(H2,41,53)(H2,42,54)(H,43,45,55)(H,44,46,56)/b10-9+. The Hall–Kier alpha value is -7.22. The monoisotopic (exact) mass is 809 g/mol. The first kappa shape index (κ1) is 41.4. The fourth-order valence-corrected chi connectivity index (χ4v) is 6.66. The highest BCUT2D eigenvalue weighted by Gasteiger charge is 2.25. The number of nitrogens with two attached hydrogens (primary N) is 3. The Morgan fingerprint density at radius 3 is 1.85 bits per heavy atom. The summed E-state index contributed by atoms with van der Waals surface area (Å²) in [6.45, 7) is 9.06. The summed E-state index contributed by atoms with van der Waals surface area (Å²) in [6.07, 6.45) is 4.19. The van der Waals surface area contributed by atoms with E-state index in [9.17, 15) is 19.2 Å². The average Bonchev–Trinajstić information content (AvgIpc) is 3.95. The number of hydrogen-bond acceptors (Lipinski definition) is 12. The first-order valence-electron chi connectivity index (χ1n) is 18.8. The molecular weight excluding hydrogens is 763 g/mol. The molecule has 0 aliphatic heterocycles. The van der Waals surface area contributed by atoms with Gasteiger partial charge in [0, 0.05) is 57.4 Å². The van der Waals surface area contributed by atoms with E-state index in [2.05, 4.69) is 25.8 Å². The number of ether oxygens (including phenoxy) is 3. The fourth-order valence-electron chi connectivity index (χ4n) is 6.66. The van der Waals surface area contributed by atoms with Crippen molar-refractivity contribution in [3.05, 3.63) is 76.4 Å². The van der Waals surface area contributed by atoms with Gasteiger partial charge in [0.05, 0.1) is 41.8 Å². The predicted octanol–water partition coefficient (Wildman–Crippen LogP) is 3.40. The molecule has 8 N–H and O–H groups in total. The van der Waals surface area contributed by atoms with Crippen molar-refractivity contribution in [2.24, 2.45) is 11.5 Å². The van der Waals surface area contributed by atoms with E-state index in [1.54, 1.807) is 40.8 Å². The summed E-state index contributed by atoms with van der Waals surface area (Å²) in [4.78, 5) is 61.4. The maximum absolute atomic E-state index is 13.8. The van der Waals surface area contributed by atoms with E-state index in [-0.39, 0.29) is 54.1 Å². The molecule has 0 saturated heterocycles. The number of carbonyl (C=O) groups is 4. The molecule has 0 unspecified atom stereocenters. The third-order valence-electron chi connectivity index (χ3n) is 9.47. The number of carbonyl (C=O) groups excluding carboxylic acids is 4. The zero-order chi connectivity index (χ0) is 42.5. The van der Waals surface area contributed by atoms with Crippen LogP contribution in [0.3, 0.4) is 0 Å². The van der Waals surface area contributed by atoms with Gasteiger partial charge in [0.2, 0.25) is 23.7 Å². The Labute approximate surface area is 338 Å². The van der Waals surface area contributed by atoms with Gasteiger partial charge in [-0.3, -0.25) is 39.2 Å². The van der Waals surface area contributed by atoms with Gasteiger partial charge in [0.1, 0.15) is 33.9 Å². The summed E-state index contributed by atoms with van der Waals surface area (Å²) < 4.78 is 23.6. The number of imidazole rings is 2. The minimum Gasteiger partial charge on any atom is -0.494 e. The van der Waals surface area contributed by atoms with Crippen molar-refractivity contribution in [3.63, 3.8) is 0 Å². The molecular formula is C39H47N13O7. The number of anilines is 3. The number of rotatable bonds is 18. The van der Waals surface area contributed by atoms with E-state index in [1.807, 2.05) is 26.0 Å². The van der Waals surface area contributed by atoms with Crippen LogP contribution in [0, 0.1) is 13.8 Å². The van der Waals surface area contributed by atoms with Crippen LogP contribution in [0.25, 0.3) is 22.1 Å². The summed E-state index contributed by atoms with van der Waals surface area (Å²) in [6, 6.07) is 7.76. The number of nitrogens with zero attached hydrogens (tertiary/aromatic N) is 8. The van der Waals surface area contributed by atoms with Crippen LogP contribution in [0.2, 0.25) is 0 Å². The summed E-state index contributed by atoms with van der Waals surface area (Å²) in [7, 11) is 3.04. The zero-order valence-electron chi connectivity index (χ0n) is 33.7. The molecule has 20 heteroatoms. The quantitative estimate of drug-likeness (QED) is 0.0618. The highest BCUT2D eigenvalue weighted by Crippen LogP contribution is 2.33. The Kier molecular flexibility index (Phi) is 12.3. The van der Waals surface area contributed by atoms with Crippen LogP contribution in [0.1, 0.15) is 73.3 Å². The number of methoxy groups -OCH3 is 2. The van der Waals surface area contributed by atoms with Crippen LogP contribution in [-0.4, -0.2) is 89.7 Å². The molecule has 0 bridgehead atoms. The van der Waals surface area contributed by atoms with Gasteiger partial charge in [-0.15, -0.1) is 0 Å². The lowest BCUT2D eigenvalue weighted by atomic mass is 10.1. The number of hydrogen-bond donors (Lipinski definition) is 5. The number of nitrogens with one attached hydrogen (secondary N) is 2. The second-order valence-corrected chi connectivity index (χ2v) is 13.4. The molecule has 0 atom stereocenters. The van der Waals surface area contributed by atoms with Gasteiger partial charge in [-0.2, -0.15) is 10.2 Å². The van der Waals surface area contributed by atoms with Crippen LogP contribution >= 0.6 is 0 Å². The lowest BCUT2D eigenvalue weighted by Gasteiger charge is -2.13. The summed E-state index contributed by atoms with van der Waals surface area (Å²) in [5.74, 6) is -1.44. The van der Waals surface area contributed by atoms with Crippen LogP contribution < -0.4 is 37.3 Å². The maximum Gasteiger partial charge on any atom is 0.278 e. The van der Waals surface area contributed by atoms with E-state index in [0.29, 0.717) is 76.8 Å². The van der Waals surface area contributed by atoms with E-state index in [4.69, 9.17) is 36.4 Å². The molecule has 0 fully saturated rings. The molecule has 4 heterocycles. The molecule has 0 saturated carbocycles. The van der Waals surface area contributed by atoms with Crippen molar-refractivity contribution in [2.75, 3.05) is 43.8 Å². The number of fused-ring (bicyclic) bond motifs is 2. The highest BCUT2D eigenvalue weighted by atomic mass is 16.5. The number of aryl methyl sites for hydroxylation is 4. The third kappa shape index (κ3) is 8.42. The van der Waals surface area contributed by atoms with Crippen molar-refractivity contribution in [3.8, 4) is 11.5 Å². The van der Waals surface area contributed by atoms with Gasteiger partial charge in [-0.05, 0) is 58.0 Å². The predicted molar refractivity (Wildman–Crippen MR) is 220 cm³/mol. The van der Waals surface area contributed by atoms with Gasteiger partial charge < -0.3 is 40.5 Å². The van der Waals surface area contributed by atoms with E-state index in [1.165, 1.54) is 36.1 Å². The van der Waals surface area contributed by atoms with Gasteiger partial charge in [0.25, 0.3) is 11.8 Å². The van der Waals surface area contributed by atoms with Crippen molar-refractivity contribution >= 4 is 63.3 Å². The number of primary amides is 2. The van der Waals surface area contributed by atoms with Crippen molar-refractivity contribution in [2.45, 2.75) is 60.3 Å². The van der Waals surface area contributed by atoms with E-state index < -0.39 is 23.6 Å². The van der Waals surface area contributed by atoms with E-state index in [0.717, 1.165) is 0 Å². The van der Waals surface area contributed by atoms with Gasteiger partial charge in [-0.1, -0.05) is 12.2 Å². The van der Waals surface area contributed by atoms with Crippen LogP contribution in [0.4, 0.5) is 17.6 Å². The maximum atomic E-state index is 13.8. The Morgan fingerprint density at radius 1 is 0.746 bits per heavy atom. The Balaban J connectivity index is 1.42. The molecule has 0 spiro atoms. The summed E-state index contributed by atoms with van der Waals surface area (Å²) >= 11 is 0. The fraction of sp³-hybridized carbons (Fsp3) is 0.333. The number of allylic oxidation sites excluding steroid dienone is 2. The molecule has 310 valence electrons. The molecule has 0 aliphatic rings. The van der Waals surface area contributed by atoms with Gasteiger partial charge in [0.15, 0.2) is 0 Å². The minimum absolute atomic E-state index is 0.128. The molecule has 4 amide bonds. The normalized spacial score (nSPS) is 11.5. The molecule has 6 aromatic rings. The number of benzene rings is 2. The zero-order valence-corrected chi connectivity index (χ0v) is 33.7. The van der Waals surface area contributed by atoms with Crippen molar-refractivity contribution < 1.29 is 33.4 Å². The molecule has 4 aromatic heterocycles. The molecule has 20 nitrogen and oxygen atoms in total. The Morgan fingerprint density at radius 2 is 1.31 bits per heavy atom. The lowest BCUT2D eigenvalue weighted by molar-refractivity contribution is 0.0991. The summed E-state index contributed by atoms with van der Waals surface area (Å²) in [5.41, 5.74) is 21.5. The topological polar surface area (TPSA) is 269 Å². The number of aromatic nitrogens is 8. The van der Waals surface area contributed by atoms with Gasteiger partial charge >= 0.3 is 0 Å². The second-order valence-electron chi connectivity index (χ2n) is 13.4. The first-order valence-corrected chi connectivity index (χ1v) is 18.8. The molecule has 6 rings (SSSR count). The van der Waals surface area contributed by atoms with Crippen molar-refractivity contribution in [1.29, 1.82) is 0 Å². The minimum atomic E-state index is -0.688. The average molecular weight is 810 g/mol. The molecule has 0 radical (unpaired) electrons. The van der Waals surface area contributed by atoms with Crippen LogP contribution in [0.5, 0.6) is 11.5 Å². The lowest BCUT2D eigenvalue weighted by Crippen LogP contribution is -2.21. The second kappa shape index (κ2) is 17.5. The highest BCUT2D eigenvalue weighted by molar-refractivity contribution is 6.07. The van der Waals surface area contributed by atoms with Gasteiger partial charge in [-0.25, -0.2) is 9.97 Å². The van der Waals surface area contributed by atoms with Crippen LogP contribution in [0.15, 0.2) is 42.5 Å². The van der Waals surface area contributed by atoms with E-state index >= 15 is 0 Å². The Bertz CT molecular complexity index is 2610. The third-order valence-corrected chi connectivity index (χ3v) is 9.47. The number of amides is 4. The summed E-state index contributed by atoms with van der Waals surface area (Å²) in [5, 5.41) is 14.5. The largest absolute Gasteiger partial charge is 0.494 e.